The molecule has 0 aliphatic carbocycles. The first-order chi connectivity index (χ1) is 9.41. The first-order valence-corrected chi connectivity index (χ1v) is 6.80. The van der Waals surface area contributed by atoms with Gasteiger partial charge in [-0.15, -0.1) is 0 Å². The normalized spacial score (nSPS) is 11.7. The molecule has 0 saturated carbocycles. The smallest absolute Gasteiger partial charge is 0.326 e. The van der Waals surface area contributed by atoms with Gasteiger partial charge < -0.3 is 5.73 Å². The lowest BCUT2D eigenvalue weighted by molar-refractivity contribution is -0.138. The van der Waals surface area contributed by atoms with E-state index >= 15 is 0 Å². The van der Waals surface area contributed by atoms with E-state index in [1.807, 2.05) is 0 Å². The maximum Gasteiger partial charge on any atom is 0.416 e. The van der Waals surface area contributed by atoms with Gasteiger partial charge in [-0.2, -0.15) is 13.2 Å². The molecule has 0 atom stereocenters. The number of aromatic nitrogens is 1. The number of halogens is 4. The van der Waals surface area contributed by atoms with Gasteiger partial charge in [-0.1, -0.05) is 29.4 Å². The van der Waals surface area contributed by atoms with Gasteiger partial charge in [0.25, 0.3) is 0 Å². The standard InChI is InChI=1S/C13H10ClF3N2S/c14-11-2-1-5-19-12(11)20-9-4-3-8(7-18)10(6-9)13(15,16)17/h1-6H,7,18H2. The molecule has 2 aromatic rings. The van der Waals surface area contributed by atoms with Gasteiger partial charge in [0.1, 0.15) is 5.03 Å². The van der Waals surface area contributed by atoms with Crippen molar-refractivity contribution in [1.82, 2.24) is 4.98 Å². The predicted octanol–water partition coefficient (Wildman–Crippen LogP) is 4.36. The first-order valence-electron chi connectivity index (χ1n) is 5.60. The van der Waals surface area contributed by atoms with E-state index < -0.39 is 11.7 Å². The summed E-state index contributed by atoms with van der Waals surface area (Å²) in [5.74, 6) is 0. The van der Waals surface area contributed by atoms with Crippen LogP contribution in [0.3, 0.4) is 0 Å². The molecule has 20 heavy (non-hydrogen) atoms. The quantitative estimate of drug-likeness (QED) is 0.913. The average Bonchev–Trinajstić information content (AvgIpc) is 2.40. The molecule has 0 aliphatic heterocycles. The third-order valence-corrected chi connectivity index (χ3v) is 3.97. The van der Waals surface area contributed by atoms with Crippen LogP contribution in [0.2, 0.25) is 5.02 Å². The van der Waals surface area contributed by atoms with Crippen molar-refractivity contribution in [3.05, 3.63) is 52.7 Å². The molecule has 0 radical (unpaired) electrons. The number of nitrogens with two attached hydrogens (primary N) is 1. The van der Waals surface area contributed by atoms with E-state index in [2.05, 4.69) is 4.98 Å². The summed E-state index contributed by atoms with van der Waals surface area (Å²) in [5.41, 5.74) is 4.67. The average molecular weight is 319 g/mol. The van der Waals surface area contributed by atoms with E-state index in [0.717, 1.165) is 17.8 Å². The minimum Gasteiger partial charge on any atom is -0.326 e. The Balaban J connectivity index is 2.37. The molecule has 1 heterocycles. The fraction of sp³-hybridized carbons (Fsp3) is 0.154. The molecule has 0 amide bonds. The number of alkyl halides is 3. The molecule has 0 saturated heterocycles. The van der Waals surface area contributed by atoms with Crippen molar-refractivity contribution in [3.8, 4) is 0 Å². The van der Waals surface area contributed by atoms with Gasteiger partial charge in [0.15, 0.2) is 0 Å². The summed E-state index contributed by atoms with van der Waals surface area (Å²) in [6, 6.07) is 7.31. The molecule has 1 aromatic heterocycles. The summed E-state index contributed by atoms with van der Waals surface area (Å²) in [4.78, 5) is 4.45. The molecule has 2 nitrogen and oxygen atoms in total. The van der Waals surface area contributed by atoms with Gasteiger partial charge in [0.05, 0.1) is 10.6 Å². The fourth-order valence-electron chi connectivity index (χ4n) is 1.62. The van der Waals surface area contributed by atoms with Crippen LogP contribution in [-0.4, -0.2) is 4.98 Å². The topological polar surface area (TPSA) is 38.9 Å². The summed E-state index contributed by atoms with van der Waals surface area (Å²) in [7, 11) is 0. The zero-order valence-electron chi connectivity index (χ0n) is 10.1. The Labute approximate surface area is 123 Å². The van der Waals surface area contributed by atoms with E-state index in [4.69, 9.17) is 17.3 Å². The molecule has 0 unspecified atom stereocenters. The highest BCUT2D eigenvalue weighted by Crippen LogP contribution is 2.37. The first kappa shape index (κ1) is 15.2. The van der Waals surface area contributed by atoms with Crippen molar-refractivity contribution in [2.75, 3.05) is 0 Å². The van der Waals surface area contributed by atoms with Crippen LogP contribution >= 0.6 is 23.4 Å². The largest absolute Gasteiger partial charge is 0.416 e. The summed E-state index contributed by atoms with van der Waals surface area (Å²) in [6.45, 7) is -0.163. The number of rotatable bonds is 3. The Hall–Kier alpha value is -1.24. The molecule has 106 valence electrons. The lowest BCUT2D eigenvalue weighted by Gasteiger charge is -2.13. The molecule has 2 N–H and O–H groups in total. The highest BCUT2D eigenvalue weighted by molar-refractivity contribution is 7.99. The number of pyridine rings is 1. The second-order valence-electron chi connectivity index (χ2n) is 3.91. The Bertz CT molecular complexity index is 617. The monoisotopic (exact) mass is 318 g/mol. The molecule has 0 fully saturated rings. The minimum atomic E-state index is -4.43. The predicted molar refractivity (Wildman–Crippen MR) is 72.7 cm³/mol. The summed E-state index contributed by atoms with van der Waals surface area (Å²) < 4.78 is 38.8. The summed E-state index contributed by atoms with van der Waals surface area (Å²) in [5, 5.41) is 0.858. The van der Waals surface area contributed by atoms with Gasteiger partial charge in [0, 0.05) is 17.6 Å². The summed E-state index contributed by atoms with van der Waals surface area (Å²) >= 11 is 7.02. The molecule has 1 aromatic carbocycles. The van der Waals surface area contributed by atoms with Crippen LogP contribution < -0.4 is 5.73 Å². The molecule has 0 bridgehead atoms. The summed E-state index contributed by atoms with van der Waals surface area (Å²) in [6.07, 6.45) is -2.90. The second kappa shape index (κ2) is 6.03. The number of hydrogen-bond acceptors (Lipinski definition) is 3. The highest BCUT2D eigenvalue weighted by Gasteiger charge is 2.33. The second-order valence-corrected chi connectivity index (χ2v) is 5.38. The van der Waals surface area contributed by atoms with E-state index in [1.165, 1.54) is 12.3 Å². The van der Waals surface area contributed by atoms with Crippen molar-refractivity contribution in [2.45, 2.75) is 22.6 Å². The van der Waals surface area contributed by atoms with Gasteiger partial charge in [-0.3, -0.25) is 0 Å². The van der Waals surface area contributed by atoms with Crippen molar-refractivity contribution in [2.24, 2.45) is 5.73 Å². The Kier molecular flexibility index (Phi) is 4.57. The fourth-order valence-corrected chi connectivity index (χ4v) is 2.67. The number of benzene rings is 1. The Morgan fingerprint density at radius 2 is 2.00 bits per heavy atom. The maximum absolute atomic E-state index is 12.9. The lowest BCUT2D eigenvalue weighted by Crippen LogP contribution is -2.11. The van der Waals surface area contributed by atoms with Crippen LogP contribution in [0.4, 0.5) is 13.2 Å². The van der Waals surface area contributed by atoms with Crippen LogP contribution in [0.15, 0.2) is 46.5 Å². The van der Waals surface area contributed by atoms with E-state index in [0.29, 0.717) is 14.9 Å². The van der Waals surface area contributed by atoms with Gasteiger partial charge >= 0.3 is 6.18 Å². The molecule has 2 rings (SSSR count). The third kappa shape index (κ3) is 3.45. The SMILES string of the molecule is NCc1ccc(Sc2ncccc2Cl)cc1C(F)(F)F. The molecule has 0 spiro atoms. The van der Waals surface area contributed by atoms with Crippen molar-refractivity contribution < 1.29 is 13.2 Å². The molecular formula is C13H10ClF3N2S. The van der Waals surface area contributed by atoms with Crippen LogP contribution in [0.1, 0.15) is 11.1 Å². The van der Waals surface area contributed by atoms with Crippen molar-refractivity contribution in [3.63, 3.8) is 0 Å². The van der Waals surface area contributed by atoms with Crippen molar-refractivity contribution in [1.29, 1.82) is 0 Å². The molecule has 0 aliphatic rings. The maximum atomic E-state index is 12.9. The Morgan fingerprint density at radius 1 is 1.25 bits per heavy atom. The van der Waals surface area contributed by atoms with Crippen molar-refractivity contribution >= 4 is 23.4 Å². The molecule has 7 heteroatoms. The zero-order chi connectivity index (χ0) is 14.8. The van der Waals surface area contributed by atoms with Crippen LogP contribution in [0.5, 0.6) is 0 Å². The lowest BCUT2D eigenvalue weighted by atomic mass is 10.1. The van der Waals surface area contributed by atoms with Gasteiger partial charge in [-0.05, 0) is 29.8 Å². The highest BCUT2D eigenvalue weighted by atomic mass is 35.5. The number of hydrogen-bond donors (Lipinski definition) is 1. The van der Waals surface area contributed by atoms with E-state index in [9.17, 15) is 13.2 Å². The molecular weight excluding hydrogens is 309 g/mol. The van der Waals surface area contributed by atoms with Crippen LogP contribution in [0.25, 0.3) is 0 Å². The van der Waals surface area contributed by atoms with Gasteiger partial charge in [-0.25, -0.2) is 4.98 Å². The van der Waals surface area contributed by atoms with E-state index in [1.54, 1.807) is 18.2 Å². The Morgan fingerprint density at radius 3 is 2.60 bits per heavy atom. The number of nitrogens with zero attached hydrogens (tertiary/aromatic N) is 1. The van der Waals surface area contributed by atoms with Crippen LogP contribution in [-0.2, 0) is 12.7 Å². The van der Waals surface area contributed by atoms with Crippen LogP contribution in [0, 0.1) is 0 Å². The van der Waals surface area contributed by atoms with E-state index in [-0.39, 0.29) is 12.1 Å². The van der Waals surface area contributed by atoms with Gasteiger partial charge in [0.2, 0.25) is 0 Å². The minimum absolute atomic E-state index is 0.0639. The third-order valence-electron chi connectivity index (χ3n) is 2.55. The zero-order valence-corrected chi connectivity index (χ0v) is 11.7.